The van der Waals surface area contributed by atoms with Crippen molar-refractivity contribution in [2.24, 2.45) is 5.92 Å². The van der Waals surface area contributed by atoms with E-state index >= 15 is 0 Å². The summed E-state index contributed by atoms with van der Waals surface area (Å²) in [7, 11) is 3.87. The van der Waals surface area contributed by atoms with Crippen LogP contribution in [-0.4, -0.2) is 67.9 Å². The fraction of sp³-hybridized carbons (Fsp3) is 0.467. The van der Waals surface area contributed by atoms with E-state index in [4.69, 9.17) is 9.47 Å². The van der Waals surface area contributed by atoms with E-state index in [2.05, 4.69) is 71.4 Å². The fourth-order valence-electron chi connectivity index (χ4n) is 5.71. The standard InChI is InChI=1S/C30H38N2O3/c1-31-15-17-32(18-16-31)21-27-20-29(35-22-23-7-11-28(34-2)12-8-23)13-14-30(27,33)26-10-9-24-5-3-4-6-25(24)19-26/h3-12,19,27,29,33H,13-18,20-22H2,1-2H3. The third kappa shape index (κ3) is 5.54. The fourth-order valence-corrected chi connectivity index (χ4v) is 5.71. The molecule has 0 amide bonds. The van der Waals surface area contributed by atoms with Gasteiger partial charge in [0.25, 0.3) is 0 Å². The summed E-state index contributed by atoms with van der Waals surface area (Å²) in [5, 5.41) is 14.6. The van der Waals surface area contributed by atoms with E-state index in [0.717, 1.165) is 68.9 Å². The van der Waals surface area contributed by atoms with Crippen LogP contribution in [0.2, 0.25) is 0 Å². The number of hydrogen-bond donors (Lipinski definition) is 1. The molecule has 1 saturated heterocycles. The van der Waals surface area contributed by atoms with Gasteiger partial charge in [0.15, 0.2) is 0 Å². The van der Waals surface area contributed by atoms with Crippen LogP contribution in [0.5, 0.6) is 5.75 Å². The topological polar surface area (TPSA) is 45.2 Å². The molecule has 1 saturated carbocycles. The molecule has 5 rings (SSSR count). The summed E-state index contributed by atoms with van der Waals surface area (Å²) in [6, 6.07) is 23.0. The minimum atomic E-state index is -0.840. The molecule has 1 aliphatic carbocycles. The zero-order valence-corrected chi connectivity index (χ0v) is 21.0. The highest BCUT2D eigenvalue weighted by Crippen LogP contribution is 2.44. The van der Waals surface area contributed by atoms with E-state index in [1.165, 1.54) is 10.8 Å². The van der Waals surface area contributed by atoms with Crippen LogP contribution in [0.1, 0.15) is 30.4 Å². The second-order valence-corrected chi connectivity index (χ2v) is 10.3. The van der Waals surface area contributed by atoms with Gasteiger partial charge in [-0.15, -0.1) is 0 Å². The molecule has 5 nitrogen and oxygen atoms in total. The van der Waals surface area contributed by atoms with Gasteiger partial charge in [0, 0.05) is 38.6 Å². The predicted molar refractivity (Wildman–Crippen MR) is 141 cm³/mol. The molecule has 2 fully saturated rings. The first kappa shape index (κ1) is 24.3. The maximum absolute atomic E-state index is 12.2. The maximum atomic E-state index is 12.2. The molecular formula is C30H38N2O3. The molecule has 1 heterocycles. The molecule has 1 aliphatic heterocycles. The first-order valence-corrected chi connectivity index (χ1v) is 12.9. The van der Waals surface area contributed by atoms with Crippen molar-refractivity contribution in [2.45, 2.75) is 37.6 Å². The minimum absolute atomic E-state index is 0.127. The lowest BCUT2D eigenvalue weighted by Crippen LogP contribution is -2.52. The molecular weight excluding hydrogens is 436 g/mol. The maximum Gasteiger partial charge on any atom is 0.118 e. The minimum Gasteiger partial charge on any atom is -0.497 e. The summed E-state index contributed by atoms with van der Waals surface area (Å²) in [6.45, 7) is 5.76. The SMILES string of the molecule is COc1ccc(COC2CCC(O)(c3ccc4ccccc4c3)C(CN3CCN(C)CC3)C2)cc1. The lowest BCUT2D eigenvalue weighted by molar-refractivity contribution is -0.114. The summed E-state index contributed by atoms with van der Waals surface area (Å²) >= 11 is 0. The Morgan fingerprint density at radius 3 is 2.43 bits per heavy atom. The zero-order valence-electron chi connectivity index (χ0n) is 21.0. The van der Waals surface area contributed by atoms with E-state index in [-0.39, 0.29) is 12.0 Å². The van der Waals surface area contributed by atoms with Crippen molar-refractivity contribution in [2.75, 3.05) is 46.9 Å². The zero-order chi connectivity index (χ0) is 24.3. The molecule has 0 bridgehead atoms. The summed E-state index contributed by atoms with van der Waals surface area (Å²) in [5.74, 6) is 0.987. The van der Waals surface area contributed by atoms with E-state index in [1.807, 2.05) is 12.1 Å². The number of fused-ring (bicyclic) bond motifs is 1. The Hall–Kier alpha value is -2.44. The van der Waals surface area contributed by atoms with E-state index in [0.29, 0.717) is 6.61 Å². The Balaban J connectivity index is 1.33. The highest BCUT2D eigenvalue weighted by molar-refractivity contribution is 5.83. The number of piperazine rings is 1. The third-order valence-corrected chi connectivity index (χ3v) is 8.04. The van der Waals surface area contributed by atoms with Gasteiger partial charge in [-0.05, 0) is 66.4 Å². The number of aliphatic hydroxyl groups is 1. The number of likely N-dealkylation sites (N-methyl/N-ethyl adjacent to an activating group) is 1. The van der Waals surface area contributed by atoms with Crippen molar-refractivity contribution in [3.05, 3.63) is 77.9 Å². The molecule has 3 aromatic rings. The molecule has 0 spiro atoms. The monoisotopic (exact) mass is 474 g/mol. The van der Waals surface area contributed by atoms with Crippen LogP contribution in [0.4, 0.5) is 0 Å². The number of ether oxygens (including phenoxy) is 2. The molecule has 35 heavy (non-hydrogen) atoms. The van der Waals surface area contributed by atoms with Gasteiger partial charge in [-0.3, -0.25) is 0 Å². The van der Waals surface area contributed by atoms with Gasteiger partial charge in [-0.25, -0.2) is 0 Å². The molecule has 0 aromatic heterocycles. The van der Waals surface area contributed by atoms with Crippen molar-refractivity contribution in [1.29, 1.82) is 0 Å². The highest BCUT2D eigenvalue weighted by Gasteiger charge is 2.44. The molecule has 186 valence electrons. The van der Waals surface area contributed by atoms with Crippen LogP contribution in [0.25, 0.3) is 10.8 Å². The van der Waals surface area contributed by atoms with Crippen LogP contribution in [0, 0.1) is 5.92 Å². The molecule has 3 atom stereocenters. The van der Waals surface area contributed by atoms with Crippen LogP contribution >= 0.6 is 0 Å². The van der Waals surface area contributed by atoms with Crippen LogP contribution in [0.3, 0.4) is 0 Å². The highest BCUT2D eigenvalue weighted by atomic mass is 16.5. The summed E-state index contributed by atoms with van der Waals surface area (Å²) < 4.78 is 11.7. The van der Waals surface area contributed by atoms with Crippen molar-refractivity contribution in [3.8, 4) is 5.75 Å². The van der Waals surface area contributed by atoms with Crippen LogP contribution < -0.4 is 4.74 Å². The van der Waals surface area contributed by atoms with Gasteiger partial charge >= 0.3 is 0 Å². The first-order chi connectivity index (χ1) is 17.0. The molecule has 3 unspecified atom stereocenters. The van der Waals surface area contributed by atoms with Crippen molar-refractivity contribution < 1.29 is 14.6 Å². The number of nitrogens with zero attached hydrogens (tertiary/aromatic N) is 2. The number of hydrogen-bond acceptors (Lipinski definition) is 5. The smallest absolute Gasteiger partial charge is 0.118 e. The van der Waals surface area contributed by atoms with Gasteiger partial charge in [-0.2, -0.15) is 0 Å². The Kier molecular flexibility index (Phi) is 7.40. The van der Waals surface area contributed by atoms with Gasteiger partial charge in [0.1, 0.15) is 5.75 Å². The van der Waals surface area contributed by atoms with Gasteiger partial charge < -0.3 is 24.4 Å². The summed E-state index contributed by atoms with van der Waals surface area (Å²) in [5.41, 5.74) is 1.36. The molecule has 0 radical (unpaired) electrons. The second kappa shape index (κ2) is 10.7. The largest absolute Gasteiger partial charge is 0.497 e. The lowest BCUT2D eigenvalue weighted by Gasteiger charge is -2.46. The quantitative estimate of drug-likeness (QED) is 0.539. The van der Waals surface area contributed by atoms with Crippen molar-refractivity contribution in [3.63, 3.8) is 0 Å². The van der Waals surface area contributed by atoms with Crippen molar-refractivity contribution >= 4 is 10.8 Å². The first-order valence-electron chi connectivity index (χ1n) is 12.9. The molecule has 2 aliphatic rings. The van der Waals surface area contributed by atoms with Gasteiger partial charge in [0.2, 0.25) is 0 Å². The van der Waals surface area contributed by atoms with Crippen molar-refractivity contribution in [1.82, 2.24) is 9.80 Å². The lowest BCUT2D eigenvalue weighted by atomic mass is 9.70. The average molecular weight is 475 g/mol. The van der Waals surface area contributed by atoms with E-state index < -0.39 is 5.60 Å². The normalized spacial score (nSPS) is 26.1. The average Bonchev–Trinajstić information content (AvgIpc) is 2.90. The third-order valence-electron chi connectivity index (χ3n) is 8.04. The molecule has 5 heteroatoms. The van der Waals surface area contributed by atoms with E-state index in [9.17, 15) is 5.11 Å². The molecule has 3 aromatic carbocycles. The summed E-state index contributed by atoms with van der Waals surface area (Å²) in [4.78, 5) is 4.91. The van der Waals surface area contributed by atoms with E-state index in [1.54, 1.807) is 7.11 Å². The predicted octanol–water partition coefficient (Wildman–Crippen LogP) is 4.67. The Morgan fingerprint density at radius 1 is 0.943 bits per heavy atom. The number of rotatable bonds is 7. The molecule has 1 N–H and O–H groups in total. The Bertz CT molecular complexity index is 1110. The number of methoxy groups -OCH3 is 1. The number of benzene rings is 3. The Labute approximate surface area is 209 Å². The second-order valence-electron chi connectivity index (χ2n) is 10.3. The summed E-state index contributed by atoms with van der Waals surface area (Å²) in [6.07, 6.45) is 2.59. The van der Waals surface area contributed by atoms with Gasteiger partial charge in [-0.1, -0.05) is 48.5 Å². The van der Waals surface area contributed by atoms with Gasteiger partial charge in [0.05, 0.1) is 25.4 Å². The Morgan fingerprint density at radius 2 is 1.69 bits per heavy atom. The van der Waals surface area contributed by atoms with Crippen LogP contribution in [0.15, 0.2) is 66.7 Å². The van der Waals surface area contributed by atoms with Crippen LogP contribution in [-0.2, 0) is 16.9 Å².